The third-order valence-corrected chi connectivity index (χ3v) is 2.44. The van der Waals surface area contributed by atoms with Crippen molar-refractivity contribution < 1.29 is 0 Å². The van der Waals surface area contributed by atoms with Crippen molar-refractivity contribution in [2.45, 2.75) is 19.5 Å². The summed E-state index contributed by atoms with van der Waals surface area (Å²) in [6, 6.07) is 6.22. The molecule has 0 unspecified atom stereocenters. The minimum absolute atomic E-state index is 0.290. The van der Waals surface area contributed by atoms with Crippen LogP contribution < -0.4 is 5.32 Å². The molecule has 0 aromatic carbocycles. The summed E-state index contributed by atoms with van der Waals surface area (Å²) in [6.45, 7) is 2.86. The second kappa shape index (κ2) is 5.32. The van der Waals surface area contributed by atoms with E-state index in [0.29, 0.717) is 0 Å². The van der Waals surface area contributed by atoms with Crippen LogP contribution in [0.25, 0.3) is 0 Å². The van der Waals surface area contributed by atoms with Crippen molar-refractivity contribution in [3.05, 3.63) is 54.4 Å². The maximum absolute atomic E-state index is 4.16. The molecular weight excluding hydrogens is 200 g/mol. The highest BCUT2D eigenvalue weighted by atomic mass is 14.9. The predicted molar refractivity (Wildman–Crippen MR) is 61.5 cm³/mol. The van der Waals surface area contributed by atoms with E-state index in [1.54, 1.807) is 24.9 Å². The molecule has 0 radical (unpaired) electrons. The fraction of sp³-hybridized carbons (Fsp3) is 0.250. The maximum Gasteiger partial charge on any atom is 0.115 e. The summed E-state index contributed by atoms with van der Waals surface area (Å²) in [6.07, 6.45) is 6.92. The Morgan fingerprint density at radius 3 is 2.56 bits per heavy atom. The molecule has 2 rings (SSSR count). The molecule has 2 heterocycles. The van der Waals surface area contributed by atoms with E-state index in [1.165, 1.54) is 5.56 Å². The molecule has 0 saturated carbocycles. The van der Waals surface area contributed by atoms with Crippen molar-refractivity contribution in [1.29, 1.82) is 0 Å². The van der Waals surface area contributed by atoms with Gasteiger partial charge < -0.3 is 5.32 Å². The van der Waals surface area contributed by atoms with E-state index in [1.807, 2.05) is 18.2 Å². The average molecular weight is 214 g/mol. The number of rotatable bonds is 4. The summed E-state index contributed by atoms with van der Waals surface area (Å²) in [5.74, 6) is 0. The summed E-state index contributed by atoms with van der Waals surface area (Å²) in [5.41, 5.74) is 2.22. The van der Waals surface area contributed by atoms with E-state index in [9.17, 15) is 0 Å². The van der Waals surface area contributed by atoms with Crippen LogP contribution in [0.2, 0.25) is 0 Å². The fourth-order valence-electron chi connectivity index (χ4n) is 1.45. The molecule has 0 bridgehead atoms. The molecule has 1 atom stereocenters. The second-order valence-corrected chi connectivity index (χ2v) is 3.58. The monoisotopic (exact) mass is 214 g/mol. The molecule has 0 spiro atoms. The minimum atomic E-state index is 0.290. The minimum Gasteiger partial charge on any atom is -0.305 e. The van der Waals surface area contributed by atoms with Crippen molar-refractivity contribution in [1.82, 2.24) is 20.3 Å². The SMILES string of the molecule is C[C@@H](NCc1ccncn1)c1ccncc1. The first-order valence-corrected chi connectivity index (χ1v) is 5.24. The van der Waals surface area contributed by atoms with E-state index >= 15 is 0 Å². The lowest BCUT2D eigenvalue weighted by Gasteiger charge is -2.13. The molecule has 0 amide bonds. The van der Waals surface area contributed by atoms with Gasteiger partial charge in [-0.1, -0.05) is 0 Å². The van der Waals surface area contributed by atoms with Crippen LogP contribution in [-0.2, 0) is 6.54 Å². The Bertz CT molecular complexity index is 416. The first-order chi connectivity index (χ1) is 7.86. The topological polar surface area (TPSA) is 50.7 Å². The van der Waals surface area contributed by atoms with E-state index < -0.39 is 0 Å². The largest absolute Gasteiger partial charge is 0.305 e. The zero-order chi connectivity index (χ0) is 11.2. The standard InChI is InChI=1S/C12H14N4/c1-10(11-2-5-13-6-3-11)15-8-12-4-7-14-9-16-12/h2-7,9-10,15H,8H2,1H3/t10-/m1/s1. The van der Waals surface area contributed by atoms with Gasteiger partial charge in [0.25, 0.3) is 0 Å². The van der Waals surface area contributed by atoms with Crippen LogP contribution in [-0.4, -0.2) is 15.0 Å². The van der Waals surface area contributed by atoms with Gasteiger partial charge in [-0.05, 0) is 30.7 Å². The highest BCUT2D eigenvalue weighted by molar-refractivity contribution is 5.14. The number of nitrogens with one attached hydrogen (secondary N) is 1. The van der Waals surface area contributed by atoms with E-state index in [-0.39, 0.29) is 6.04 Å². The lowest BCUT2D eigenvalue weighted by atomic mass is 10.1. The maximum atomic E-state index is 4.16. The number of nitrogens with zero attached hydrogens (tertiary/aromatic N) is 3. The molecule has 0 saturated heterocycles. The van der Waals surface area contributed by atoms with Crippen molar-refractivity contribution >= 4 is 0 Å². The average Bonchev–Trinajstić information content (AvgIpc) is 2.38. The Morgan fingerprint density at radius 2 is 1.88 bits per heavy atom. The van der Waals surface area contributed by atoms with Crippen LogP contribution in [0.4, 0.5) is 0 Å². The number of aromatic nitrogens is 3. The van der Waals surface area contributed by atoms with Gasteiger partial charge >= 0.3 is 0 Å². The van der Waals surface area contributed by atoms with Crippen LogP contribution in [0.15, 0.2) is 43.1 Å². The molecule has 2 aromatic heterocycles. The van der Waals surface area contributed by atoms with Crippen LogP contribution in [0.3, 0.4) is 0 Å². The number of pyridine rings is 1. The number of hydrogen-bond donors (Lipinski definition) is 1. The van der Waals surface area contributed by atoms with E-state index in [2.05, 4.69) is 27.2 Å². The van der Waals surface area contributed by atoms with Crippen molar-refractivity contribution in [3.63, 3.8) is 0 Å². The van der Waals surface area contributed by atoms with Gasteiger partial charge in [0, 0.05) is 31.2 Å². The Morgan fingerprint density at radius 1 is 1.12 bits per heavy atom. The molecular formula is C12H14N4. The van der Waals surface area contributed by atoms with Gasteiger partial charge in [0.15, 0.2) is 0 Å². The van der Waals surface area contributed by atoms with Gasteiger partial charge in [-0.2, -0.15) is 0 Å². The molecule has 16 heavy (non-hydrogen) atoms. The Labute approximate surface area is 94.8 Å². The lowest BCUT2D eigenvalue weighted by molar-refractivity contribution is 0.566. The fourth-order valence-corrected chi connectivity index (χ4v) is 1.45. The van der Waals surface area contributed by atoms with Gasteiger partial charge in [-0.3, -0.25) is 4.98 Å². The Hall–Kier alpha value is -1.81. The first-order valence-electron chi connectivity index (χ1n) is 5.24. The number of hydrogen-bond acceptors (Lipinski definition) is 4. The third kappa shape index (κ3) is 2.84. The van der Waals surface area contributed by atoms with Crippen molar-refractivity contribution in [2.75, 3.05) is 0 Å². The van der Waals surface area contributed by atoms with Gasteiger partial charge in [-0.15, -0.1) is 0 Å². The van der Waals surface area contributed by atoms with Crippen LogP contribution >= 0.6 is 0 Å². The third-order valence-electron chi connectivity index (χ3n) is 2.44. The highest BCUT2D eigenvalue weighted by Gasteiger charge is 2.03. The van der Waals surface area contributed by atoms with Crippen LogP contribution in [0.1, 0.15) is 24.2 Å². The molecule has 0 aliphatic carbocycles. The van der Waals surface area contributed by atoms with Crippen LogP contribution in [0, 0.1) is 0 Å². The zero-order valence-corrected chi connectivity index (χ0v) is 9.17. The van der Waals surface area contributed by atoms with Crippen LogP contribution in [0.5, 0.6) is 0 Å². The summed E-state index contributed by atoms with van der Waals surface area (Å²) >= 11 is 0. The molecule has 4 nitrogen and oxygen atoms in total. The molecule has 1 N–H and O–H groups in total. The summed E-state index contributed by atoms with van der Waals surface area (Å²) < 4.78 is 0. The van der Waals surface area contributed by atoms with Gasteiger partial charge in [-0.25, -0.2) is 9.97 Å². The molecule has 0 fully saturated rings. The quantitative estimate of drug-likeness (QED) is 0.842. The summed E-state index contributed by atoms with van der Waals surface area (Å²) in [5, 5.41) is 3.40. The lowest BCUT2D eigenvalue weighted by Crippen LogP contribution is -2.18. The van der Waals surface area contributed by atoms with E-state index in [0.717, 1.165) is 12.2 Å². The smallest absolute Gasteiger partial charge is 0.115 e. The Balaban J connectivity index is 1.92. The molecule has 0 aliphatic rings. The molecule has 0 aliphatic heterocycles. The molecule has 2 aromatic rings. The molecule has 82 valence electrons. The zero-order valence-electron chi connectivity index (χ0n) is 9.17. The van der Waals surface area contributed by atoms with Gasteiger partial charge in [0.2, 0.25) is 0 Å². The van der Waals surface area contributed by atoms with Crippen molar-refractivity contribution in [3.8, 4) is 0 Å². The predicted octanol–water partition coefficient (Wildman–Crippen LogP) is 1.72. The normalized spacial score (nSPS) is 12.3. The molecule has 4 heteroatoms. The highest BCUT2D eigenvalue weighted by Crippen LogP contribution is 2.10. The Kier molecular flexibility index (Phi) is 3.56. The van der Waals surface area contributed by atoms with Gasteiger partial charge in [0.05, 0.1) is 5.69 Å². The summed E-state index contributed by atoms with van der Waals surface area (Å²) in [4.78, 5) is 12.0. The van der Waals surface area contributed by atoms with Crippen molar-refractivity contribution in [2.24, 2.45) is 0 Å². The summed E-state index contributed by atoms with van der Waals surface area (Å²) in [7, 11) is 0. The second-order valence-electron chi connectivity index (χ2n) is 3.58. The first kappa shape index (κ1) is 10.7. The van der Waals surface area contributed by atoms with E-state index in [4.69, 9.17) is 0 Å². The van der Waals surface area contributed by atoms with Gasteiger partial charge in [0.1, 0.15) is 6.33 Å².